The minimum Gasteiger partial charge on any atom is -0.504 e. The highest BCUT2D eigenvalue weighted by Crippen LogP contribution is 2.23. The van der Waals surface area contributed by atoms with Crippen LogP contribution >= 0.6 is 22.6 Å². The first-order valence-electron chi connectivity index (χ1n) is 4.29. The average molecular weight is 313 g/mol. The molecule has 2 aromatic heterocycles. The molecule has 15 heavy (non-hydrogen) atoms. The van der Waals surface area contributed by atoms with Gasteiger partial charge in [-0.3, -0.25) is 0 Å². The molecule has 0 fully saturated rings. The predicted molar refractivity (Wildman–Crippen MR) is 66.1 cm³/mol. The maximum Gasteiger partial charge on any atom is 0.175 e. The Morgan fingerprint density at radius 1 is 1.20 bits per heavy atom. The number of nitrogens with one attached hydrogen (secondary N) is 1. The summed E-state index contributed by atoms with van der Waals surface area (Å²) in [4.78, 5) is 8.23. The first-order chi connectivity index (χ1) is 7.25. The van der Waals surface area contributed by atoms with E-state index in [1.165, 1.54) is 0 Å². The molecule has 2 aromatic rings. The van der Waals surface area contributed by atoms with Gasteiger partial charge < -0.3 is 10.4 Å². The van der Waals surface area contributed by atoms with Crippen LogP contribution in [0.5, 0.6) is 5.75 Å². The van der Waals surface area contributed by atoms with Gasteiger partial charge in [-0.2, -0.15) is 0 Å². The van der Waals surface area contributed by atoms with E-state index in [1.54, 1.807) is 24.4 Å². The van der Waals surface area contributed by atoms with Crippen molar-refractivity contribution in [1.82, 2.24) is 9.97 Å². The van der Waals surface area contributed by atoms with Gasteiger partial charge in [-0.1, -0.05) is 6.07 Å². The molecule has 0 atom stereocenters. The molecule has 0 saturated carbocycles. The van der Waals surface area contributed by atoms with Crippen molar-refractivity contribution in [3.05, 3.63) is 40.2 Å². The molecule has 0 unspecified atom stereocenters. The zero-order chi connectivity index (χ0) is 10.7. The monoisotopic (exact) mass is 313 g/mol. The van der Waals surface area contributed by atoms with Gasteiger partial charge in [0.2, 0.25) is 0 Å². The molecule has 0 bridgehead atoms. The molecular formula is C10H8IN3O. The maximum atomic E-state index is 9.54. The van der Waals surface area contributed by atoms with E-state index in [9.17, 15) is 5.11 Å². The summed E-state index contributed by atoms with van der Waals surface area (Å²) in [5, 5.41) is 12.5. The van der Waals surface area contributed by atoms with E-state index in [0.717, 1.165) is 3.70 Å². The molecular weight excluding hydrogens is 305 g/mol. The largest absolute Gasteiger partial charge is 0.504 e. The minimum absolute atomic E-state index is 0.112. The second-order valence-corrected chi connectivity index (χ2v) is 3.95. The van der Waals surface area contributed by atoms with Gasteiger partial charge in [0.15, 0.2) is 11.6 Å². The van der Waals surface area contributed by atoms with Crippen LogP contribution in [-0.2, 0) is 0 Å². The number of halogens is 1. The molecule has 0 aliphatic heterocycles. The third-order valence-electron chi connectivity index (χ3n) is 1.75. The van der Waals surface area contributed by atoms with Crippen LogP contribution in [-0.4, -0.2) is 15.1 Å². The van der Waals surface area contributed by atoms with E-state index in [2.05, 4.69) is 37.9 Å². The molecule has 0 saturated heterocycles. The molecule has 2 N–H and O–H groups in total. The maximum absolute atomic E-state index is 9.54. The van der Waals surface area contributed by atoms with Crippen LogP contribution in [0, 0.1) is 3.70 Å². The molecule has 76 valence electrons. The Morgan fingerprint density at radius 2 is 2.07 bits per heavy atom. The summed E-state index contributed by atoms with van der Waals surface area (Å²) in [6.07, 6.45) is 1.67. The zero-order valence-electron chi connectivity index (χ0n) is 7.68. The summed E-state index contributed by atoms with van der Waals surface area (Å²) in [5.74, 6) is 1.18. The Labute approximate surface area is 101 Å². The van der Waals surface area contributed by atoms with E-state index in [1.807, 2.05) is 12.1 Å². The Morgan fingerprint density at radius 3 is 2.80 bits per heavy atom. The number of aromatic hydroxyl groups is 1. The number of nitrogens with zero attached hydrogens (tertiary/aromatic N) is 2. The lowest BCUT2D eigenvalue weighted by molar-refractivity contribution is 0.475. The Bertz CT molecular complexity index is 461. The van der Waals surface area contributed by atoms with Crippen LogP contribution in [0.3, 0.4) is 0 Å². The lowest BCUT2D eigenvalue weighted by Gasteiger charge is -2.06. The van der Waals surface area contributed by atoms with E-state index in [4.69, 9.17) is 0 Å². The van der Waals surface area contributed by atoms with Crippen molar-refractivity contribution in [1.29, 1.82) is 0 Å². The lowest BCUT2D eigenvalue weighted by Crippen LogP contribution is -1.96. The number of anilines is 2. The van der Waals surface area contributed by atoms with Crippen LogP contribution in [0.15, 0.2) is 36.5 Å². The van der Waals surface area contributed by atoms with Crippen LogP contribution in [0.4, 0.5) is 11.6 Å². The fraction of sp³-hybridized carbons (Fsp3) is 0. The number of hydrogen-bond donors (Lipinski definition) is 2. The van der Waals surface area contributed by atoms with Crippen molar-refractivity contribution in [2.24, 2.45) is 0 Å². The van der Waals surface area contributed by atoms with Crippen molar-refractivity contribution in [2.45, 2.75) is 0 Å². The molecule has 0 amide bonds. The molecule has 0 aliphatic rings. The van der Waals surface area contributed by atoms with Crippen LogP contribution < -0.4 is 5.32 Å². The van der Waals surface area contributed by atoms with Gasteiger partial charge in [0.25, 0.3) is 0 Å². The molecule has 0 aromatic carbocycles. The minimum atomic E-state index is 0.112. The second-order valence-electron chi connectivity index (χ2n) is 2.84. The summed E-state index contributed by atoms with van der Waals surface area (Å²) in [5.41, 5.74) is 0. The topological polar surface area (TPSA) is 58.0 Å². The summed E-state index contributed by atoms with van der Waals surface area (Å²) in [6.45, 7) is 0. The smallest absolute Gasteiger partial charge is 0.175 e. The molecule has 4 nitrogen and oxygen atoms in total. The van der Waals surface area contributed by atoms with E-state index in [0.29, 0.717) is 11.6 Å². The Kier molecular flexibility index (Phi) is 3.00. The highest BCUT2D eigenvalue weighted by molar-refractivity contribution is 14.1. The van der Waals surface area contributed by atoms with Crippen molar-refractivity contribution in [3.63, 3.8) is 0 Å². The first kappa shape index (κ1) is 10.2. The fourth-order valence-electron chi connectivity index (χ4n) is 1.08. The van der Waals surface area contributed by atoms with E-state index in [-0.39, 0.29) is 5.75 Å². The SMILES string of the molecule is Oc1ccc(I)nc1Nc1ccccn1. The number of hydrogen-bond acceptors (Lipinski definition) is 4. The van der Waals surface area contributed by atoms with Crippen molar-refractivity contribution in [3.8, 4) is 5.75 Å². The lowest BCUT2D eigenvalue weighted by atomic mass is 10.4. The number of aromatic nitrogens is 2. The van der Waals surface area contributed by atoms with Crippen LogP contribution in [0.1, 0.15) is 0 Å². The summed E-state index contributed by atoms with van der Waals surface area (Å²) in [6, 6.07) is 8.83. The summed E-state index contributed by atoms with van der Waals surface area (Å²) in [7, 11) is 0. The van der Waals surface area contributed by atoms with Gasteiger partial charge >= 0.3 is 0 Å². The number of rotatable bonds is 2. The molecule has 0 spiro atoms. The molecule has 2 heterocycles. The van der Waals surface area contributed by atoms with Crippen LogP contribution in [0.2, 0.25) is 0 Å². The third kappa shape index (κ3) is 2.56. The van der Waals surface area contributed by atoms with Crippen molar-refractivity contribution >= 4 is 34.2 Å². The summed E-state index contributed by atoms with van der Waals surface area (Å²) < 4.78 is 0.809. The quantitative estimate of drug-likeness (QED) is 0.661. The second kappa shape index (κ2) is 4.43. The highest BCUT2D eigenvalue weighted by atomic mass is 127. The fourth-order valence-corrected chi connectivity index (χ4v) is 1.50. The Balaban J connectivity index is 2.28. The average Bonchev–Trinajstić information content (AvgIpc) is 2.25. The van der Waals surface area contributed by atoms with Gasteiger partial charge in [-0.05, 0) is 46.9 Å². The first-order valence-corrected chi connectivity index (χ1v) is 5.37. The van der Waals surface area contributed by atoms with Crippen molar-refractivity contribution < 1.29 is 5.11 Å². The predicted octanol–water partition coefficient (Wildman–Crippen LogP) is 2.53. The van der Waals surface area contributed by atoms with Crippen molar-refractivity contribution in [2.75, 3.05) is 5.32 Å². The van der Waals surface area contributed by atoms with Gasteiger partial charge in [0.1, 0.15) is 9.52 Å². The molecule has 2 rings (SSSR count). The van der Waals surface area contributed by atoms with Crippen LogP contribution in [0.25, 0.3) is 0 Å². The van der Waals surface area contributed by atoms with Gasteiger partial charge in [-0.25, -0.2) is 9.97 Å². The van der Waals surface area contributed by atoms with Gasteiger partial charge in [0.05, 0.1) is 0 Å². The zero-order valence-corrected chi connectivity index (χ0v) is 9.84. The summed E-state index contributed by atoms with van der Waals surface area (Å²) >= 11 is 2.08. The van der Waals surface area contributed by atoms with Gasteiger partial charge in [0, 0.05) is 6.20 Å². The molecule has 0 radical (unpaired) electrons. The standard InChI is InChI=1S/C10H8IN3O/c11-8-5-4-7(15)10(13-8)14-9-3-1-2-6-12-9/h1-6,15H,(H,12,13,14). The molecule has 5 heteroatoms. The highest BCUT2D eigenvalue weighted by Gasteiger charge is 2.03. The van der Waals surface area contributed by atoms with E-state index < -0.39 is 0 Å². The number of pyridine rings is 2. The Hall–Kier alpha value is -1.37. The van der Waals surface area contributed by atoms with Gasteiger partial charge in [-0.15, -0.1) is 0 Å². The third-order valence-corrected chi connectivity index (χ3v) is 2.35. The van der Waals surface area contributed by atoms with E-state index >= 15 is 0 Å². The normalized spacial score (nSPS) is 9.93. The molecule has 0 aliphatic carbocycles.